The van der Waals surface area contributed by atoms with Crippen LogP contribution in [0.25, 0.3) is 0 Å². The Morgan fingerprint density at radius 3 is 2.67 bits per heavy atom. The van der Waals surface area contributed by atoms with Crippen molar-refractivity contribution in [3.8, 4) is 0 Å². The van der Waals surface area contributed by atoms with E-state index in [-0.39, 0.29) is 6.03 Å². The molecule has 1 unspecified atom stereocenters. The average Bonchev–Trinajstić information content (AvgIpc) is 2.78. The zero-order chi connectivity index (χ0) is 16.5. The Morgan fingerprint density at radius 2 is 1.83 bits per heavy atom. The van der Waals surface area contributed by atoms with Crippen LogP contribution in [0, 0.1) is 0 Å². The summed E-state index contributed by atoms with van der Waals surface area (Å²) in [6.07, 6.45) is 0. The molecule has 1 aromatic rings. The van der Waals surface area contributed by atoms with Gasteiger partial charge in [-0.05, 0) is 18.7 Å². The lowest BCUT2D eigenvalue weighted by molar-refractivity contribution is 0.0418. The van der Waals surface area contributed by atoms with Gasteiger partial charge >= 0.3 is 6.03 Å². The molecule has 130 valence electrons. The Bertz CT molecular complexity index is 602. The van der Waals surface area contributed by atoms with Gasteiger partial charge in [-0.15, -0.1) is 0 Å². The summed E-state index contributed by atoms with van der Waals surface area (Å²) in [5.41, 5.74) is 2.55. The Labute approximate surface area is 143 Å². The molecule has 0 saturated carbocycles. The first-order valence-corrected chi connectivity index (χ1v) is 8.87. The topological polar surface area (TPSA) is 39.3 Å². The van der Waals surface area contributed by atoms with E-state index in [1.165, 1.54) is 11.3 Å². The van der Waals surface area contributed by atoms with Crippen molar-refractivity contribution in [3.63, 3.8) is 0 Å². The van der Waals surface area contributed by atoms with E-state index in [1.54, 1.807) is 0 Å². The van der Waals surface area contributed by atoms with Crippen LogP contribution < -0.4 is 4.90 Å². The summed E-state index contributed by atoms with van der Waals surface area (Å²) in [6.45, 7) is 7.28. The second kappa shape index (κ2) is 6.61. The number of morpholine rings is 1. The quantitative estimate of drug-likeness (QED) is 0.713. The molecule has 6 heteroatoms. The van der Waals surface area contributed by atoms with Gasteiger partial charge in [-0.1, -0.05) is 18.2 Å². The molecule has 1 aromatic carbocycles. The maximum Gasteiger partial charge on any atom is 0.320 e. The van der Waals surface area contributed by atoms with Crippen molar-refractivity contribution >= 4 is 11.7 Å². The summed E-state index contributed by atoms with van der Waals surface area (Å²) in [5, 5.41) is 0. The number of likely N-dealkylation sites (N-methyl/N-ethyl adjacent to an activating group) is 1. The molecule has 0 bridgehead atoms. The first-order valence-electron chi connectivity index (χ1n) is 8.87. The van der Waals surface area contributed by atoms with E-state index in [0.717, 1.165) is 26.2 Å². The van der Waals surface area contributed by atoms with E-state index < -0.39 is 0 Å². The molecular weight excluding hydrogens is 304 g/mol. The second-order valence-corrected chi connectivity index (χ2v) is 7.00. The van der Waals surface area contributed by atoms with Gasteiger partial charge in [0.25, 0.3) is 0 Å². The first-order chi connectivity index (χ1) is 11.7. The predicted octanol–water partition coefficient (Wildman–Crippen LogP) is 1.07. The van der Waals surface area contributed by atoms with Crippen LogP contribution in [-0.2, 0) is 11.3 Å². The standard InChI is InChI=1S/C18H26N4O2/c1-19-6-7-22-16(13-19)14-21(12-15-4-2-3-5-17(15)22)18(23)20-8-10-24-11-9-20/h2-5,16H,6-14H2,1H3. The van der Waals surface area contributed by atoms with Crippen molar-refractivity contribution in [3.05, 3.63) is 29.8 Å². The largest absolute Gasteiger partial charge is 0.378 e. The first kappa shape index (κ1) is 15.7. The van der Waals surface area contributed by atoms with E-state index in [9.17, 15) is 4.79 Å². The monoisotopic (exact) mass is 330 g/mol. The van der Waals surface area contributed by atoms with E-state index >= 15 is 0 Å². The fourth-order valence-electron chi connectivity index (χ4n) is 4.03. The molecule has 0 N–H and O–H groups in total. The molecule has 2 amide bonds. The molecular formula is C18H26N4O2. The van der Waals surface area contributed by atoms with Crippen LogP contribution in [0.4, 0.5) is 10.5 Å². The van der Waals surface area contributed by atoms with E-state index in [2.05, 4.69) is 41.1 Å². The highest BCUT2D eigenvalue weighted by Gasteiger charge is 2.34. The number of benzene rings is 1. The van der Waals surface area contributed by atoms with Gasteiger partial charge in [0.2, 0.25) is 0 Å². The van der Waals surface area contributed by atoms with Crippen molar-refractivity contribution in [2.24, 2.45) is 0 Å². The van der Waals surface area contributed by atoms with Gasteiger partial charge in [-0.25, -0.2) is 4.79 Å². The van der Waals surface area contributed by atoms with E-state index in [0.29, 0.717) is 38.9 Å². The number of nitrogens with zero attached hydrogens (tertiary/aromatic N) is 4. The number of hydrogen-bond acceptors (Lipinski definition) is 4. The normalized spacial score (nSPS) is 25.0. The molecule has 3 heterocycles. The number of piperazine rings is 1. The Morgan fingerprint density at radius 1 is 1.04 bits per heavy atom. The summed E-state index contributed by atoms with van der Waals surface area (Å²) < 4.78 is 5.39. The van der Waals surface area contributed by atoms with Crippen LogP contribution in [0.3, 0.4) is 0 Å². The molecule has 3 aliphatic heterocycles. The van der Waals surface area contributed by atoms with Crippen LogP contribution in [-0.4, -0.2) is 86.3 Å². The third-order valence-corrected chi connectivity index (χ3v) is 5.33. The highest BCUT2D eigenvalue weighted by atomic mass is 16.5. The number of anilines is 1. The van der Waals surface area contributed by atoms with Crippen molar-refractivity contribution in [2.45, 2.75) is 12.6 Å². The molecule has 0 aliphatic carbocycles. The van der Waals surface area contributed by atoms with Crippen LogP contribution >= 0.6 is 0 Å². The number of urea groups is 1. The van der Waals surface area contributed by atoms with E-state index in [4.69, 9.17) is 4.74 Å². The summed E-state index contributed by atoms with van der Waals surface area (Å²) in [4.78, 5) is 21.9. The lowest BCUT2D eigenvalue weighted by atomic mass is 10.1. The van der Waals surface area contributed by atoms with Crippen LogP contribution in [0.2, 0.25) is 0 Å². The van der Waals surface area contributed by atoms with Gasteiger partial charge < -0.3 is 24.3 Å². The number of carbonyl (C=O) groups excluding carboxylic acids is 1. The van der Waals surface area contributed by atoms with Crippen molar-refractivity contribution in [1.82, 2.24) is 14.7 Å². The lowest BCUT2D eigenvalue weighted by Crippen LogP contribution is -2.57. The summed E-state index contributed by atoms with van der Waals surface area (Å²) >= 11 is 0. The molecule has 24 heavy (non-hydrogen) atoms. The maximum atomic E-state index is 13.0. The van der Waals surface area contributed by atoms with Crippen molar-refractivity contribution < 1.29 is 9.53 Å². The van der Waals surface area contributed by atoms with Gasteiger partial charge in [-0.3, -0.25) is 0 Å². The van der Waals surface area contributed by atoms with Gasteiger partial charge in [-0.2, -0.15) is 0 Å². The number of ether oxygens (including phenoxy) is 1. The zero-order valence-corrected chi connectivity index (χ0v) is 14.4. The lowest BCUT2D eigenvalue weighted by Gasteiger charge is -2.42. The third-order valence-electron chi connectivity index (χ3n) is 5.33. The molecule has 1 atom stereocenters. The van der Waals surface area contributed by atoms with Gasteiger partial charge in [0, 0.05) is 51.5 Å². The van der Waals surface area contributed by atoms with Gasteiger partial charge in [0.1, 0.15) is 0 Å². The fraction of sp³-hybridized carbons (Fsp3) is 0.611. The van der Waals surface area contributed by atoms with Crippen molar-refractivity contribution in [1.29, 1.82) is 0 Å². The van der Waals surface area contributed by atoms with E-state index in [1.807, 2.05) is 9.80 Å². The molecule has 0 aromatic heterocycles. The van der Waals surface area contributed by atoms with Crippen LogP contribution in [0.15, 0.2) is 24.3 Å². The predicted molar refractivity (Wildman–Crippen MR) is 93.3 cm³/mol. The fourth-order valence-corrected chi connectivity index (χ4v) is 4.03. The van der Waals surface area contributed by atoms with Gasteiger partial charge in [0.15, 0.2) is 0 Å². The maximum absolute atomic E-state index is 13.0. The third kappa shape index (κ3) is 2.96. The highest BCUT2D eigenvalue weighted by Crippen LogP contribution is 2.30. The Balaban J connectivity index is 1.61. The SMILES string of the molecule is CN1CCN2c3ccccc3CN(C(=O)N3CCOCC3)CC2C1. The number of hydrogen-bond donors (Lipinski definition) is 0. The minimum absolute atomic E-state index is 0.156. The summed E-state index contributed by atoms with van der Waals surface area (Å²) in [6, 6.07) is 9.06. The van der Waals surface area contributed by atoms with Crippen molar-refractivity contribution in [2.75, 3.05) is 64.4 Å². The minimum atomic E-state index is 0.156. The smallest absolute Gasteiger partial charge is 0.320 e. The number of rotatable bonds is 0. The molecule has 0 spiro atoms. The van der Waals surface area contributed by atoms with Crippen LogP contribution in [0.5, 0.6) is 0 Å². The molecule has 3 aliphatic rings. The van der Waals surface area contributed by atoms with Gasteiger partial charge in [0.05, 0.1) is 19.3 Å². The zero-order valence-electron chi connectivity index (χ0n) is 14.4. The molecule has 2 saturated heterocycles. The molecule has 6 nitrogen and oxygen atoms in total. The Kier molecular flexibility index (Phi) is 4.33. The number of amides is 2. The molecule has 2 fully saturated rings. The highest BCUT2D eigenvalue weighted by molar-refractivity contribution is 5.75. The average molecular weight is 330 g/mol. The van der Waals surface area contributed by atoms with Crippen LogP contribution in [0.1, 0.15) is 5.56 Å². The second-order valence-electron chi connectivity index (χ2n) is 7.00. The minimum Gasteiger partial charge on any atom is -0.378 e. The molecule has 4 rings (SSSR count). The summed E-state index contributed by atoms with van der Waals surface area (Å²) in [5.74, 6) is 0. The number of para-hydroxylation sites is 1. The Hall–Kier alpha value is -1.79. The molecule has 0 radical (unpaired) electrons. The summed E-state index contributed by atoms with van der Waals surface area (Å²) in [7, 11) is 2.17. The number of carbonyl (C=O) groups is 1. The number of fused-ring (bicyclic) bond motifs is 3.